The first-order chi connectivity index (χ1) is 10.9. The second-order valence-electron chi connectivity index (χ2n) is 6.24. The number of carbonyl (C=O) groups excluding carboxylic acids is 1. The van der Waals surface area contributed by atoms with Gasteiger partial charge in [-0.15, -0.1) is 0 Å². The quantitative estimate of drug-likeness (QED) is 0.612. The van der Waals surface area contributed by atoms with Crippen molar-refractivity contribution < 1.29 is 14.8 Å². The number of nitrogens with two attached hydrogens (primary N) is 1. The molecule has 1 fully saturated rings. The van der Waals surface area contributed by atoms with Crippen LogP contribution in [0.3, 0.4) is 0 Å². The summed E-state index contributed by atoms with van der Waals surface area (Å²) in [5.74, 6) is -0.292. The predicted octanol–water partition coefficient (Wildman–Crippen LogP) is 1.68. The van der Waals surface area contributed by atoms with Crippen LogP contribution < -0.4 is 5.73 Å². The molecule has 1 aromatic rings. The molecule has 2 rings (SSSR count). The van der Waals surface area contributed by atoms with Crippen molar-refractivity contribution in [2.45, 2.75) is 38.3 Å². The molecular formula is C16H23N3O4. The van der Waals surface area contributed by atoms with E-state index in [4.69, 9.17) is 5.73 Å². The Bertz CT molecular complexity index is 583. The molecule has 0 aliphatic heterocycles. The highest BCUT2D eigenvalue weighted by Crippen LogP contribution is 2.29. The van der Waals surface area contributed by atoms with Crippen molar-refractivity contribution in [1.82, 2.24) is 4.90 Å². The number of aliphatic hydroxyl groups is 1. The van der Waals surface area contributed by atoms with E-state index >= 15 is 0 Å². The molecule has 3 N–H and O–H groups in total. The summed E-state index contributed by atoms with van der Waals surface area (Å²) in [6.45, 7) is 0.681. The molecule has 0 heterocycles. The lowest BCUT2D eigenvalue weighted by atomic mass is 9.86. The Balaban J connectivity index is 2.10. The minimum absolute atomic E-state index is 0.0720. The van der Waals surface area contributed by atoms with Crippen molar-refractivity contribution in [3.8, 4) is 0 Å². The van der Waals surface area contributed by atoms with Gasteiger partial charge in [0.15, 0.2) is 0 Å². The summed E-state index contributed by atoms with van der Waals surface area (Å²) in [4.78, 5) is 24.1. The molecule has 0 atom stereocenters. The summed E-state index contributed by atoms with van der Waals surface area (Å²) in [5, 5.41) is 20.4. The lowest BCUT2D eigenvalue weighted by molar-refractivity contribution is -0.385. The van der Waals surface area contributed by atoms with E-state index in [1.54, 1.807) is 6.07 Å². The van der Waals surface area contributed by atoms with Gasteiger partial charge in [-0.25, -0.2) is 0 Å². The SMILES string of the molecule is CN(Cc1ccc(C(N)=O)cc1[N+](=O)[O-])C1CCC(CO)CC1. The monoisotopic (exact) mass is 321 g/mol. The summed E-state index contributed by atoms with van der Waals surface area (Å²) < 4.78 is 0. The topological polar surface area (TPSA) is 110 Å². The van der Waals surface area contributed by atoms with Crippen LogP contribution >= 0.6 is 0 Å². The average Bonchev–Trinajstić information content (AvgIpc) is 2.54. The van der Waals surface area contributed by atoms with Crippen LogP contribution in [0, 0.1) is 16.0 Å². The van der Waals surface area contributed by atoms with Gasteiger partial charge in [0, 0.05) is 36.4 Å². The molecule has 0 radical (unpaired) electrons. The number of primary amides is 1. The number of hydrogen-bond acceptors (Lipinski definition) is 5. The van der Waals surface area contributed by atoms with Gasteiger partial charge in [0.2, 0.25) is 5.91 Å². The van der Waals surface area contributed by atoms with Crippen molar-refractivity contribution in [3.63, 3.8) is 0 Å². The first kappa shape index (κ1) is 17.4. The summed E-state index contributed by atoms with van der Waals surface area (Å²) in [6, 6.07) is 4.73. The highest BCUT2D eigenvalue weighted by atomic mass is 16.6. The van der Waals surface area contributed by atoms with Crippen molar-refractivity contribution >= 4 is 11.6 Å². The van der Waals surface area contributed by atoms with Crippen LogP contribution in [0.15, 0.2) is 18.2 Å². The van der Waals surface area contributed by atoms with Crippen molar-refractivity contribution in [3.05, 3.63) is 39.4 Å². The lowest BCUT2D eigenvalue weighted by Crippen LogP contribution is -2.35. The number of carbonyl (C=O) groups is 1. The standard InChI is InChI=1S/C16H23N3O4/c1-18(14-6-2-11(10-20)3-7-14)9-13-5-4-12(16(17)21)8-15(13)19(22)23/h4-5,8,11,14,20H,2-3,6-7,9-10H2,1H3,(H2,17,21). The maximum absolute atomic E-state index is 11.2. The third kappa shape index (κ3) is 4.27. The van der Waals surface area contributed by atoms with E-state index in [0.29, 0.717) is 24.1 Å². The molecule has 7 heteroatoms. The molecule has 1 amide bonds. The van der Waals surface area contributed by atoms with Crippen LogP contribution in [0.25, 0.3) is 0 Å². The third-order valence-corrected chi connectivity index (χ3v) is 4.68. The Morgan fingerprint density at radius 1 is 1.39 bits per heavy atom. The van der Waals surface area contributed by atoms with Gasteiger partial charge in [0.25, 0.3) is 5.69 Å². The summed E-state index contributed by atoms with van der Waals surface area (Å²) in [6.07, 6.45) is 3.92. The number of benzene rings is 1. The van der Waals surface area contributed by atoms with Crippen LogP contribution in [-0.2, 0) is 6.54 Å². The first-order valence-corrected chi connectivity index (χ1v) is 7.80. The number of nitrogens with zero attached hydrogens (tertiary/aromatic N) is 2. The van der Waals surface area contributed by atoms with E-state index in [-0.39, 0.29) is 17.9 Å². The van der Waals surface area contributed by atoms with Crippen molar-refractivity contribution in [2.75, 3.05) is 13.7 Å². The Kier molecular flexibility index (Phi) is 5.68. The van der Waals surface area contributed by atoms with Crippen LogP contribution in [0.1, 0.15) is 41.6 Å². The van der Waals surface area contributed by atoms with Crippen LogP contribution in [0.2, 0.25) is 0 Å². The van der Waals surface area contributed by atoms with Gasteiger partial charge >= 0.3 is 0 Å². The van der Waals surface area contributed by atoms with Crippen LogP contribution in [0.5, 0.6) is 0 Å². The number of aliphatic hydroxyl groups excluding tert-OH is 1. The Labute approximate surface area is 135 Å². The maximum Gasteiger partial charge on any atom is 0.274 e. The van der Waals surface area contributed by atoms with Crippen LogP contribution in [0.4, 0.5) is 5.69 Å². The lowest BCUT2D eigenvalue weighted by Gasteiger charge is -2.34. The zero-order valence-corrected chi connectivity index (χ0v) is 13.3. The van der Waals surface area contributed by atoms with Gasteiger partial charge in [-0.05, 0) is 44.7 Å². The average molecular weight is 321 g/mol. The predicted molar refractivity (Wildman–Crippen MR) is 85.9 cm³/mol. The fraction of sp³-hybridized carbons (Fsp3) is 0.562. The zero-order valence-electron chi connectivity index (χ0n) is 13.3. The van der Waals surface area contributed by atoms with Crippen molar-refractivity contribution in [2.24, 2.45) is 11.7 Å². The van der Waals surface area contributed by atoms with E-state index in [9.17, 15) is 20.0 Å². The molecule has 1 aliphatic carbocycles. The summed E-state index contributed by atoms with van der Waals surface area (Å²) in [7, 11) is 1.95. The molecule has 126 valence electrons. The number of amides is 1. The molecule has 1 aliphatic rings. The zero-order chi connectivity index (χ0) is 17.0. The minimum Gasteiger partial charge on any atom is -0.396 e. The highest BCUT2D eigenvalue weighted by molar-refractivity contribution is 5.93. The van der Waals surface area contributed by atoms with Gasteiger partial charge in [0.1, 0.15) is 0 Å². The van der Waals surface area contributed by atoms with E-state index in [0.717, 1.165) is 25.7 Å². The molecular weight excluding hydrogens is 298 g/mol. The fourth-order valence-corrected chi connectivity index (χ4v) is 3.19. The second kappa shape index (κ2) is 7.52. The summed E-state index contributed by atoms with van der Waals surface area (Å²) in [5.41, 5.74) is 5.83. The van der Waals surface area contributed by atoms with Gasteiger partial charge in [-0.1, -0.05) is 6.07 Å². The van der Waals surface area contributed by atoms with Gasteiger partial charge in [0.05, 0.1) is 4.92 Å². The fourth-order valence-electron chi connectivity index (χ4n) is 3.19. The molecule has 7 nitrogen and oxygen atoms in total. The van der Waals surface area contributed by atoms with Gasteiger partial charge in [-0.3, -0.25) is 19.8 Å². The van der Waals surface area contributed by atoms with Crippen LogP contribution in [-0.4, -0.2) is 40.5 Å². The highest BCUT2D eigenvalue weighted by Gasteiger charge is 2.25. The first-order valence-electron chi connectivity index (χ1n) is 7.80. The second-order valence-corrected chi connectivity index (χ2v) is 6.24. The largest absolute Gasteiger partial charge is 0.396 e. The Hall–Kier alpha value is -1.99. The van der Waals surface area contributed by atoms with Crippen molar-refractivity contribution in [1.29, 1.82) is 0 Å². The third-order valence-electron chi connectivity index (χ3n) is 4.68. The molecule has 1 saturated carbocycles. The molecule has 0 spiro atoms. The van der Waals surface area contributed by atoms with E-state index < -0.39 is 10.8 Å². The van der Waals surface area contributed by atoms with E-state index in [1.165, 1.54) is 12.1 Å². The Morgan fingerprint density at radius 2 is 2.04 bits per heavy atom. The maximum atomic E-state index is 11.2. The smallest absolute Gasteiger partial charge is 0.274 e. The molecule has 0 saturated heterocycles. The molecule has 1 aromatic carbocycles. The Morgan fingerprint density at radius 3 is 2.57 bits per heavy atom. The number of nitro benzene ring substituents is 1. The summed E-state index contributed by atoms with van der Waals surface area (Å²) >= 11 is 0. The molecule has 23 heavy (non-hydrogen) atoms. The number of rotatable bonds is 6. The molecule has 0 unspecified atom stereocenters. The molecule has 0 bridgehead atoms. The van der Waals surface area contributed by atoms with E-state index in [1.807, 2.05) is 7.05 Å². The normalized spacial score (nSPS) is 21.3. The molecule has 0 aromatic heterocycles. The van der Waals surface area contributed by atoms with Gasteiger partial charge < -0.3 is 10.8 Å². The number of hydrogen-bond donors (Lipinski definition) is 2. The van der Waals surface area contributed by atoms with E-state index in [2.05, 4.69) is 4.90 Å². The minimum atomic E-state index is -0.671. The van der Waals surface area contributed by atoms with Gasteiger partial charge in [-0.2, -0.15) is 0 Å². The number of nitro groups is 1.